The number of benzene rings is 1. The van der Waals surface area contributed by atoms with Crippen LogP contribution < -0.4 is 10.6 Å². The van der Waals surface area contributed by atoms with Gasteiger partial charge in [-0.05, 0) is 46.6 Å². The van der Waals surface area contributed by atoms with Gasteiger partial charge in [-0.15, -0.1) is 0 Å². The molecule has 0 aliphatic heterocycles. The van der Waals surface area contributed by atoms with Crippen LogP contribution in [0.3, 0.4) is 0 Å². The van der Waals surface area contributed by atoms with E-state index in [0.717, 1.165) is 29.5 Å². The molecule has 174 valence electrons. The molecule has 0 saturated carbocycles. The largest absolute Gasteiger partial charge is 0.444 e. The molecular formula is C23H37N3O4S. The van der Waals surface area contributed by atoms with Crippen LogP contribution in [0, 0.1) is 13.8 Å². The Balaban J connectivity index is 3.16. The maximum Gasteiger partial charge on any atom is 0.408 e. The maximum atomic E-state index is 13.2. The molecular weight excluding hydrogens is 414 g/mol. The highest BCUT2D eigenvalue weighted by atomic mass is 32.1. The van der Waals surface area contributed by atoms with Crippen molar-refractivity contribution in [1.29, 1.82) is 0 Å². The number of aryl methyl sites for hydroxylation is 2. The molecule has 0 bridgehead atoms. The molecule has 0 radical (unpaired) electrons. The van der Waals surface area contributed by atoms with Gasteiger partial charge in [-0.2, -0.15) is 12.6 Å². The molecule has 2 N–H and O–H groups in total. The van der Waals surface area contributed by atoms with Crippen LogP contribution in [0.25, 0.3) is 0 Å². The summed E-state index contributed by atoms with van der Waals surface area (Å²) in [5, 5.41) is 5.49. The second-order valence-electron chi connectivity index (χ2n) is 8.80. The van der Waals surface area contributed by atoms with E-state index in [0.29, 0.717) is 6.54 Å². The Kier molecular flexibility index (Phi) is 10.4. The van der Waals surface area contributed by atoms with Gasteiger partial charge in [0.15, 0.2) is 0 Å². The molecule has 31 heavy (non-hydrogen) atoms. The average molecular weight is 452 g/mol. The van der Waals surface area contributed by atoms with Crippen LogP contribution >= 0.6 is 12.6 Å². The van der Waals surface area contributed by atoms with Gasteiger partial charge >= 0.3 is 6.09 Å². The Labute approximate surface area is 191 Å². The highest BCUT2D eigenvalue weighted by molar-refractivity contribution is 7.80. The Bertz CT molecular complexity index is 756. The minimum absolute atomic E-state index is 0.0689. The Morgan fingerprint density at radius 3 is 2.19 bits per heavy atom. The summed E-state index contributed by atoms with van der Waals surface area (Å²) in [6, 6.07) is 4.05. The fourth-order valence-electron chi connectivity index (χ4n) is 3.21. The van der Waals surface area contributed by atoms with Crippen LogP contribution in [0.2, 0.25) is 0 Å². The summed E-state index contributed by atoms with van der Waals surface area (Å²) in [5.41, 5.74) is 2.03. The first kappa shape index (κ1) is 26.8. The van der Waals surface area contributed by atoms with E-state index in [1.54, 1.807) is 27.8 Å². The van der Waals surface area contributed by atoms with Crippen LogP contribution in [0.15, 0.2) is 18.2 Å². The minimum atomic E-state index is -0.931. The summed E-state index contributed by atoms with van der Waals surface area (Å²) in [4.78, 5) is 39.8. The molecule has 0 spiro atoms. The Hall–Kier alpha value is -2.22. The number of ether oxygens (including phenoxy) is 1. The monoisotopic (exact) mass is 451 g/mol. The zero-order valence-corrected chi connectivity index (χ0v) is 20.6. The molecule has 2 atom stereocenters. The first-order chi connectivity index (χ1) is 14.4. The molecule has 2 unspecified atom stereocenters. The number of hydrogen-bond acceptors (Lipinski definition) is 5. The molecule has 1 aromatic rings. The van der Waals surface area contributed by atoms with E-state index in [2.05, 4.69) is 23.3 Å². The van der Waals surface area contributed by atoms with Crippen molar-refractivity contribution in [3.05, 3.63) is 34.9 Å². The van der Waals surface area contributed by atoms with E-state index in [-0.39, 0.29) is 11.7 Å². The minimum Gasteiger partial charge on any atom is -0.444 e. The fourth-order valence-corrected chi connectivity index (χ4v) is 3.46. The SMILES string of the molecule is CCCCNC(=O)C(c1cc(C)cc(C)c1)N(C)C(=O)C(CS)NC(=O)OC(C)(C)C. The van der Waals surface area contributed by atoms with Gasteiger partial charge in [0.25, 0.3) is 0 Å². The number of hydrogen-bond donors (Lipinski definition) is 3. The van der Waals surface area contributed by atoms with Crippen LogP contribution in [0.4, 0.5) is 4.79 Å². The lowest BCUT2D eigenvalue weighted by molar-refractivity contribution is -0.140. The van der Waals surface area contributed by atoms with Crippen molar-refractivity contribution in [3.63, 3.8) is 0 Å². The van der Waals surface area contributed by atoms with Gasteiger partial charge in [0, 0.05) is 19.3 Å². The highest BCUT2D eigenvalue weighted by Gasteiger charge is 2.33. The molecule has 0 heterocycles. The number of likely N-dealkylation sites (N-methyl/N-ethyl adjacent to an activating group) is 1. The third-order valence-corrected chi connectivity index (χ3v) is 4.91. The lowest BCUT2D eigenvalue weighted by Gasteiger charge is -2.31. The van der Waals surface area contributed by atoms with Gasteiger partial charge in [0.1, 0.15) is 17.7 Å². The van der Waals surface area contributed by atoms with Crippen molar-refractivity contribution >= 4 is 30.5 Å². The third kappa shape index (κ3) is 8.81. The Morgan fingerprint density at radius 1 is 1.13 bits per heavy atom. The fraction of sp³-hybridized carbons (Fsp3) is 0.609. The highest BCUT2D eigenvalue weighted by Crippen LogP contribution is 2.23. The van der Waals surface area contributed by atoms with Crippen LogP contribution in [-0.4, -0.2) is 53.8 Å². The number of carbonyl (C=O) groups is 3. The molecule has 7 nitrogen and oxygen atoms in total. The zero-order valence-electron chi connectivity index (χ0n) is 19.7. The number of carbonyl (C=O) groups excluding carboxylic acids is 3. The Morgan fingerprint density at radius 2 is 1.71 bits per heavy atom. The zero-order chi connectivity index (χ0) is 23.8. The number of rotatable bonds is 9. The van der Waals surface area contributed by atoms with Gasteiger partial charge in [-0.3, -0.25) is 9.59 Å². The van der Waals surface area contributed by atoms with E-state index >= 15 is 0 Å². The average Bonchev–Trinajstić information content (AvgIpc) is 2.63. The van der Waals surface area contributed by atoms with E-state index in [9.17, 15) is 14.4 Å². The molecule has 0 fully saturated rings. The van der Waals surface area contributed by atoms with Crippen LogP contribution in [-0.2, 0) is 14.3 Å². The van der Waals surface area contributed by atoms with Gasteiger partial charge < -0.3 is 20.3 Å². The number of thiol groups is 1. The first-order valence-electron chi connectivity index (χ1n) is 10.6. The maximum absolute atomic E-state index is 13.2. The molecule has 0 aliphatic rings. The second-order valence-corrected chi connectivity index (χ2v) is 9.16. The lowest BCUT2D eigenvalue weighted by atomic mass is 9.99. The van der Waals surface area contributed by atoms with Crippen molar-refractivity contribution in [2.75, 3.05) is 19.3 Å². The van der Waals surface area contributed by atoms with Crippen molar-refractivity contribution in [3.8, 4) is 0 Å². The topological polar surface area (TPSA) is 87.7 Å². The molecule has 0 aromatic heterocycles. The van der Waals surface area contributed by atoms with E-state index in [1.807, 2.05) is 39.0 Å². The van der Waals surface area contributed by atoms with Crippen molar-refractivity contribution in [2.45, 2.75) is 72.1 Å². The summed E-state index contributed by atoms with van der Waals surface area (Å²) in [6.45, 7) is 11.7. The van der Waals surface area contributed by atoms with Crippen molar-refractivity contribution < 1.29 is 19.1 Å². The van der Waals surface area contributed by atoms with Crippen LogP contribution in [0.5, 0.6) is 0 Å². The number of alkyl carbamates (subject to hydrolysis) is 1. The summed E-state index contributed by atoms with van der Waals surface area (Å²) in [7, 11) is 1.57. The summed E-state index contributed by atoms with van der Waals surface area (Å²) < 4.78 is 5.26. The molecule has 1 aromatic carbocycles. The molecule has 1 rings (SSSR count). The number of amides is 3. The normalized spacial score (nSPS) is 13.2. The van der Waals surface area contributed by atoms with Gasteiger partial charge in [0.2, 0.25) is 11.8 Å². The number of unbranched alkanes of at least 4 members (excludes halogenated alkanes) is 1. The molecule has 8 heteroatoms. The predicted molar refractivity (Wildman–Crippen MR) is 126 cm³/mol. The summed E-state index contributed by atoms with van der Waals surface area (Å²) in [5.74, 6) is -0.612. The van der Waals surface area contributed by atoms with Crippen LogP contribution in [0.1, 0.15) is 63.3 Å². The van der Waals surface area contributed by atoms with Crippen molar-refractivity contribution in [1.82, 2.24) is 15.5 Å². The molecule has 3 amide bonds. The molecule has 0 saturated heterocycles. The second kappa shape index (κ2) is 12.0. The third-order valence-electron chi connectivity index (χ3n) is 4.54. The lowest BCUT2D eigenvalue weighted by Crippen LogP contribution is -2.52. The molecule has 0 aliphatic carbocycles. The predicted octanol–water partition coefficient (Wildman–Crippen LogP) is 3.54. The van der Waals surface area contributed by atoms with Crippen molar-refractivity contribution in [2.24, 2.45) is 0 Å². The van der Waals surface area contributed by atoms with Gasteiger partial charge in [-0.1, -0.05) is 42.7 Å². The summed E-state index contributed by atoms with van der Waals surface area (Å²) in [6.07, 6.45) is 1.09. The number of nitrogens with one attached hydrogen (secondary N) is 2. The van der Waals surface area contributed by atoms with E-state index in [1.165, 1.54) is 4.90 Å². The van der Waals surface area contributed by atoms with E-state index in [4.69, 9.17) is 4.74 Å². The van der Waals surface area contributed by atoms with E-state index < -0.39 is 29.7 Å². The van der Waals surface area contributed by atoms with Gasteiger partial charge in [0.05, 0.1) is 0 Å². The standard InChI is InChI=1S/C23H37N3O4S/c1-8-9-10-24-20(27)19(17-12-15(2)11-16(3)13-17)26(7)21(28)18(14-31)25-22(29)30-23(4,5)6/h11-13,18-19,31H,8-10,14H2,1-7H3,(H,24,27)(H,25,29). The quantitative estimate of drug-likeness (QED) is 0.396. The smallest absolute Gasteiger partial charge is 0.408 e. The first-order valence-corrected chi connectivity index (χ1v) is 11.3. The number of nitrogens with zero attached hydrogens (tertiary/aromatic N) is 1. The summed E-state index contributed by atoms with van der Waals surface area (Å²) >= 11 is 4.23. The van der Waals surface area contributed by atoms with Gasteiger partial charge in [-0.25, -0.2) is 4.79 Å².